The van der Waals surface area contributed by atoms with Gasteiger partial charge >= 0.3 is 0 Å². The highest BCUT2D eigenvalue weighted by atomic mass is 16.3. The Morgan fingerprint density at radius 3 is 1.37 bits per heavy atom. The summed E-state index contributed by atoms with van der Waals surface area (Å²) in [5.41, 5.74) is 22.7. The summed E-state index contributed by atoms with van der Waals surface area (Å²) >= 11 is 0. The van der Waals surface area contributed by atoms with Gasteiger partial charge in [0.05, 0.1) is 16.4 Å². The molecule has 0 saturated heterocycles. The van der Waals surface area contributed by atoms with Crippen LogP contribution in [0.15, 0.2) is 296 Å². The number of anilines is 3. The summed E-state index contributed by atoms with van der Waals surface area (Å²) < 4.78 is 8.56. The van der Waals surface area contributed by atoms with Crippen molar-refractivity contribution >= 4 is 60.8 Å². The van der Waals surface area contributed by atoms with Gasteiger partial charge in [0.1, 0.15) is 11.2 Å². The van der Waals surface area contributed by atoms with Crippen molar-refractivity contribution in [3.05, 3.63) is 313 Å². The fourth-order valence-electron chi connectivity index (χ4n) is 12.4. The molecule has 15 rings (SSSR count). The van der Waals surface area contributed by atoms with Crippen molar-refractivity contribution in [3.8, 4) is 50.2 Å². The summed E-state index contributed by atoms with van der Waals surface area (Å²) in [4.78, 5) is 2.39. The molecule has 0 bridgehead atoms. The van der Waals surface area contributed by atoms with Crippen LogP contribution in [0.3, 0.4) is 0 Å². The van der Waals surface area contributed by atoms with Crippen LogP contribution in [-0.2, 0) is 5.41 Å². The van der Waals surface area contributed by atoms with Gasteiger partial charge in [0.25, 0.3) is 0 Å². The van der Waals surface area contributed by atoms with Gasteiger partial charge in [-0.25, -0.2) is 0 Å². The lowest BCUT2D eigenvalue weighted by atomic mass is 9.68. The van der Waals surface area contributed by atoms with Crippen LogP contribution in [0.2, 0.25) is 0 Å². The maximum atomic E-state index is 6.17. The molecule has 0 aliphatic heterocycles. The first-order chi connectivity index (χ1) is 37.7. The van der Waals surface area contributed by atoms with Gasteiger partial charge in [-0.1, -0.05) is 206 Å². The predicted molar refractivity (Wildman–Crippen MR) is 316 cm³/mol. The summed E-state index contributed by atoms with van der Waals surface area (Å²) in [5, 5.41) is 4.78. The van der Waals surface area contributed by atoms with E-state index in [-0.39, 0.29) is 0 Å². The Morgan fingerprint density at radius 2 is 0.737 bits per heavy atom. The average molecular weight is 969 g/mol. The van der Waals surface area contributed by atoms with Crippen LogP contribution < -0.4 is 4.90 Å². The maximum Gasteiger partial charge on any atom is 0.135 e. The van der Waals surface area contributed by atoms with Crippen molar-refractivity contribution in [3.63, 3.8) is 0 Å². The average Bonchev–Trinajstić information content (AvgIpc) is 4.28. The van der Waals surface area contributed by atoms with Crippen molar-refractivity contribution in [1.82, 2.24) is 4.57 Å². The van der Waals surface area contributed by atoms with E-state index in [4.69, 9.17) is 4.42 Å². The zero-order valence-electron chi connectivity index (χ0n) is 41.5. The van der Waals surface area contributed by atoms with Gasteiger partial charge in [-0.15, -0.1) is 0 Å². The zero-order valence-corrected chi connectivity index (χ0v) is 41.5. The van der Waals surface area contributed by atoms with Crippen LogP contribution in [-0.4, -0.2) is 4.57 Å². The minimum Gasteiger partial charge on any atom is -0.456 e. The van der Waals surface area contributed by atoms with E-state index < -0.39 is 5.41 Å². The van der Waals surface area contributed by atoms with E-state index in [1.165, 1.54) is 55.2 Å². The minimum atomic E-state index is -0.485. The van der Waals surface area contributed by atoms with E-state index in [0.717, 1.165) is 78.1 Å². The molecule has 0 spiro atoms. The Kier molecular flexibility index (Phi) is 10.1. The molecule has 3 heteroatoms. The number of fused-ring (bicyclic) bond motifs is 9. The highest BCUT2D eigenvalue weighted by Gasteiger charge is 2.45. The van der Waals surface area contributed by atoms with Gasteiger partial charge in [0.15, 0.2) is 0 Å². The Morgan fingerprint density at radius 1 is 0.289 bits per heavy atom. The van der Waals surface area contributed by atoms with E-state index in [0.29, 0.717) is 0 Å². The van der Waals surface area contributed by atoms with E-state index in [1.54, 1.807) is 0 Å². The number of hydrogen-bond donors (Lipinski definition) is 0. The van der Waals surface area contributed by atoms with Crippen molar-refractivity contribution in [2.75, 3.05) is 4.90 Å². The number of hydrogen-bond acceptors (Lipinski definition) is 2. The van der Waals surface area contributed by atoms with Crippen molar-refractivity contribution in [1.29, 1.82) is 0 Å². The van der Waals surface area contributed by atoms with Crippen LogP contribution >= 0.6 is 0 Å². The predicted octanol–water partition coefficient (Wildman–Crippen LogP) is 19.5. The first-order valence-corrected chi connectivity index (χ1v) is 26.1. The molecule has 3 nitrogen and oxygen atoms in total. The van der Waals surface area contributed by atoms with E-state index in [1.807, 2.05) is 12.1 Å². The minimum absolute atomic E-state index is 0.485. The summed E-state index contributed by atoms with van der Waals surface area (Å²) in [6, 6.07) is 106. The molecule has 0 amide bonds. The molecule has 0 saturated carbocycles. The molecule has 2 heterocycles. The molecular formula is C73H48N2O. The van der Waals surface area contributed by atoms with E-state index >= 15 is 0 Å². The number of furan rings is 1. The molecule has 0 radical (unpaired) electrons. The molecule has 2 aromatic heterocycles. The molecule has 12 aromatic carbocycles. The highest BCUT2D eigenvalue weighted by Crippen LogP contribution is 2.56. The lowest BCUT2D eigenvalue weighted by Crippen LogP contribution is -2.28. The Hall–Kier alpha value is -9.96. The normalized spacial score (nSPS) is 12.6. The molecule has 0 fully saturated rings. The Bertz CT molecular complexity index is 4410. The zero-order chi connectivity index (χ0) is 50.2. The van der Waals surface area contributed by atoms with E-state index in [9.17, 15) is 0 Å². The number of benzene rings is 12. The van der Waals surface area contributed by atoms with Crippen LogP contribution in [0.4, 0.5) is 17.1 Å². The first-order valence-electron chi connectivity index (χ1n) is 26.1. The summed E-state index contributed by atoms with van der Waals surface area (Å²) in [7, 11) is 0. The summed E-state index contributed by atoms with van der Waals surface area (Å²) in [6.07, 6.45) is 0. The maximum absolute atomic E-state index is 6.17. The molecule has 356 valence electrons. The second kappa shape index (κ2) is 17.6. The van der Waals surface area contributed by atoms with Crippen molar-refractivity contribution < 1.29 is 4.42 Å². The molecule has 76 heavy (non-hydrogen) atoms. The molecule has 14 aromatic rings. The standard InChI is InChI=1S/C73H48N2O/c1-2-19-55(20-3-1)73(67-27-9-4-22-61(67)62-23-5-10-28-68(62)73)56-37-43-59(44-38-56)74(57-39-32-49(33-40-57)51-16-14-17-52(46-51)54-36-45-72-66(48-54)65-26-8-13-31-71(65)76-72)58-41-34-50(35-42-58)53-18-15-21-60(47-53)75-69-29-11-6-24-63(69)64-25-7-12-30-70(64)75/h1-48H. The Labute approximate surface area is 441 Å². The molecule has 0 unspecified atom stereocenters. The number of nitrogens with zero attached hydrogens (tertiary/aromatic N) is 2. The Balaban J connectivity index is 0.824. The molecule has 1 aliphatic carbocycles. The second-order valence-electron chi connectivity index (χ2n) is 20.0. The fourth-order valence-corrected chi connectivity index (χ4v) is 12.4. The molecule has 1 aliphatic rings. The third-order valence-corrected chi connectivity index (χ3v) is 15.9. The van der Waals surface area contributed by atoms with E-state index in [2.05, 4.69) is 289 Å². The van der Waals surface area contributed by atoms with Crippen LogP contribution in [0.25, 0.3) is 93.9 Å². The third kappa shape index (κ3) is 6.90. The van der Waals surface area contributed by atoms with Gasteiger partial charge < -0.3 is 13.9 Å². The topological polar surface area (TPSA) is 21.3 Å². The van der Waals surface area contributed by atoms with Gasteiger partial charge in [0.2, 0.25) is 0 Å². The van der Waals surface area contributed by atoms with Gasteiger partial charge in [-0.3, -0.25) is 0 Å². The van der Waals surface area contributed by atoms with Gasteiger partial charge in [-0.2, -0.15) is 0 Å². The fraction of sp³-hybridized carbons (Fsp3) is 0.0137. The monoisotopic (exact) mass is 968 g/mol. The van der Waals surface area contributed by atoms with Crippen LogP contribution in [0.1, 0.15) is 22.3 Å². The number of rotatable bonds is 9. The van der Waals surface area contributed by atoms with Crippen molar-refractivity contribution in [2.45, 2.75) is 5.41 Å². The number of aromatic nitrogens is 1. The SMILES string of the molecule is c1ccc(C2(c3ccc(N(c4ccc(-c5cccc(-c6ccc7oc8ccccc8c7c6)c5)cc4)c4ccc(-c5cccc(-n6c7ccccc7c7ccccc76)c5)cc4)cc3)c3ccccc3-c3ccccc32)cc1. The van der Waals surface area contributed by atoms with Crippen molar-refractivity contribution in [2.24, 2.45) is 0 Å². The van der Waals surface area contributed by atoms with Crippen LogP contribution in [0, 0.1) is 0 Å². The summed E-state index contributed by atoms with van der Waals surface area (Å²) in [5.74, 6) is 0. The lowest BCUT2D eigenvalue weighted by Gasteiger charge is -2.34. The smallest absolute Gasteiger partial charge is 0.135 e. The molecular weight excluding hydrogens is 921 g/mol. The van der Waals surface area contributed by atoms with Gasteiger partial charge in [0, 0.05) is 44.3 Å². The molecule has 0 N–H and O–H groups in total. The number of para-hydroxylation sites is 3. The third-order valence-electron chi connectivity index (χ3n) is 15.9. The van der Waals surface area contributed by atoms with Gasteiger partial charge in [-0.05, 0) is 152 Å². The second-order valence-corrected chi connectivity index (χ2v) is 20.0. The first kappa shape index (κ1) is 43.6. The van der Waals surface area contributed by atoms with Crippen LogP contribution in [0.5, 0.6) is 0 Å². The molecule has 0 atom stereocenters. The lowest BCUT2D eigenvalue weighted by molar-refractivity contribution is 0.669. The highest BCUT2D eigenvalue weighted by molar-refractivity contribution is 6.09. The largest absolute Gasteiger partial charge is 0.456 e. The summed E-state index contributed by atoms with van der Waals surface area (Å²) in [6.45, 7) is 0. The quantitative estimate of drug-likeness (QED) is 0.144.